The molecule has 0 saturated heterocycles. The molecule has 2 nitrogen and oxygen atoms in total. The Hall–Kier alpha value is -1.46. The predicted octanol–water partition coefficient (Wildman–Crippen LogP) is 3.84. The molecule has 0 heterocycles. The zero-order valence-corrected chi connectivity index (χ0v) is 11.6. The molecule has 5 heteroatoms. The average molecular weight is 327 g/mol. The third-order valence-electron chi connectivity index (χ3n) is 2.77. The summed E-state index contributed by atoms with van der Waals surface area (Å²) in [6.07, 6.45) is 0. The molecule has 3 N–H and O–H groups in total. The average Bonchev–Trinajstić information content (AvgIpc) is 2.41. The lowest BCUT2D eigenvalue weighted by molar-refractivity contribution is 0.572. The topological polar surface area (TPSA) is 38.0 Å². The first kappa shape index (κ1) is 14.0. The number of rotatable bonds is 4. The molecule has 0 amide bonds. The van der Waals surface area contributed by atoms with Crippen molar-refractivity contribution in [1.82, 2.24) is 0 Å². The molecule has 0 aliphatic carbocycles. The molecule has 1 atom stereocenters. The SMILES string of the molecule is NCC(Nc1ccccc1Br)c1cc(F)ccc1F. The summed E-state index contributed by atoms with van der Waals surface area (Å²) in [5.41, 5.74) is 6.65. The molecule has 0 bridgehead atoms. The second kappa shape index (κ2) is 6.12. The maximum atomic E-state index is 13.7. The molecule has 0 saturated carbocycles. The highest BCUT2D eigenvalue weighted by atomic mass is 79.9. The van der Waals surface area contributed by atoms with Gasteiger partial charge in [-0.2, -0.15) is 0 Å². The van der Waals surface area contributed by atoms with Crippen LogP contribution in [0.15, 0.2) is 46.9 Å². The Labute approximate surface area is 118 Å². The first-order valence-corrected chi connectivity index (χ1v) is 6.57. The van der Waals surface area contributed by atoms with E-state index in [9.17, 15) is 8.78 Å². The van der Waals surface area contributed by atoms with Crippen LogP contribution in [-0.2, 0) is 0 Å². The Kier molecular flexibility index (Phi) is 4.50. The van der Waals surface area contributed by atoms with Gasteiger partial charge in [-0.15, -0.1) is 0 Å². The molecule has 0 radical (unpaired) electrons. The maximum Gasteiger partial charge on any atom is 0.128 e. The molecule has 2 rings (SSSR count). The van der Waals surface area contributed by atoms with Crippen molar-refractivity contribution in [3.8, 4) is 0 Å². The largest absolute Gasteiger partial charge is 0.376 e. The summed E-state index contributed by atoms with van der Waals surface area (Å²) in [6.45, 7) is 0.154. The summed E-state index contributed by atoms with van der Waals surface area (Å²) in [6, 6.07) is 10.3. The minimum Gasteiger partial charge on any atom is -0.376 e. The van der Waals surface area contributed by atoms with Crippen molar-refractivity contribution < 1.29 is 8.78 Å². The fourth-order valence-electron chi connectivity index (χ4n) is 1.81. The van der Waals surface area contributed by atoms with E-state index >= 15 is 0 Å². The third-order valence-corrected chi connectivity index (χ3v) is 3.46. The van der Waals surface area contributed by atoms with E-state index in [0.717, 1.165) is 28.4 Å². The van der Waals surface area contributed by atoms with Gasteiger partial charge in [0.1, 0.15) is 11.6 Å². The number of halogens is 3. The van der Waals surface area contributed by atoms with Crippen LogP contribution in [0.2, 0.25) is 0 Å². The zero-order valence-electron chi connectivity index (χ0n) is 10.0. The van der Waals surface area contributed by atoms with Gasteiger partial charge in [0, 0.05) is 22.3 Å². The van der Waals surface area contributed by atoms with E-state index in [1.165, 1.54) is 0 Å². The molecule has 0 aliphatic heterocycles. The number of benzene rings is 2. The minimum atomic E-state index is -0.491. The predicted molar refractivity (Wildman–Crippen MR) is 75.9 cm³/mol. The highest BCUT2D eigenvalue weighted by Crippen LogP contribution is 2.27. The molecule has 0 fully saturated rings. The second-order valence-corrected chi connectivity index (χ2v) is 4.93. The van der Waals surface area contributed by atoms with Crippen molar-refractivity contribution in [3.63, 3.8) is 0 Å². The number of nitrogens with one attached hydrogen (secondary N) is 1. The van der Waals surface area contributed by atoms with Crippen LogP contribution in [0.4, 0.5) is 14.5 Å². The van der Waals surface area contributed by atoms with Crippen molar-refractivity contribution in [2.45, 2.75) is 6.04 Å². The molecule has 0 aromatic heterocycles. The van der Waals surface area contributed by atoms with Crippen molar-refractivity contribution in [2.75, 3.05) is 11.9 Å². The van der Waals surface area contributed by atoms with Gasteiger partial charge in [0.25, 0.3) is 0 Å². The Morgan fingerprint density at radius 2 is 1.89 bits per heavy atom. The molecule has 2 aromatic rings. The highest BCUT2D eigenvalue weighted by molar-refractivity contribution is 9.10. The van der Waals surface area contributed by atoms with Crippen LogP contribution in [0.3, 0.4) is 0 Å². The quantitative estimate of drug-likeness (QED) is 0.895. The smallest absolute Gasteiger partial charge is 0.128 e. The Balaban J connectivity index is 2.30. The van der Waals surface area contributed by atoms with Gasteiger partial charge >= 0.3 is 0 Å². The first-order valence-electron chi connectivity index (χ1n) is 5.78. The highest BCUT2D eigenvalue weighted by Gasteiger charge is 2.16. The monoisotopic (exact) mass is 326 g/mol. The van der Waals surface area contributed by atoms with Gasteiger partial charge in [0.15, 0.2) is 0 Å². The van der Waals surface area contributed by atoms with E-state index in [4.69, 9.17) is 5.73 Å². The van der Waals surface area contributed by atoms with Gasteiger partial charge in [0.2, 0.25) is 0 Å². The lowest BCUT2D eigenvalue weighted by Gasteiger charge is -2.20. The molecule has 0 aliphatic rings. The summed E-state index contributed by atoms with van der Waals surface area (Å²) in [5.74, 6) is -0.958. The van der Waals surface area contributed by atoms with E-state index in [1.54, 1.807) is 0 Å². The van der Waals surface area contributed by atoms with Crippen molar-refractivity contribution in [3.05, 3.63) is 64.1 Å². The normalized spacial score (nSPS) is 12.2. The van der Waals surface area contributed by atoms with Gasteiger partial charge in [-0.25, -0.2) is 8.78 Å². The molecule has 100 valence electrons. The fraction of sp³-hybridized carbons (Fsp3) is 0.143. The first-order chi connectivity index (χ1) is 9.11. The fourth-order valence-corrected chi connectivity index (χ4v) is 2.21. The lowest BCUT2D eigenvalue weighted by Crippen LogP contribution is -2.22. The van der Waals surface area contributed by atoms with Crippen LogP contribution < -0.4 is 11.1 Å². The van der Waals surface area contributed by atoms with Crippen molar-refractivity contribution >= 4 is 21.6 Å². The summed E-state index contributed by atoms with van der Waals surface area (Å²) < 4.78 is 27.8. The standard InChI is InChI=1S/C14H13BrF2N2/c15-11-3-1-2-4-13(11)19-14(8-18)10-7-9(16)5-6-12(10)17/h1-7,14,19H,8,18H2. The third kappa shape index (κ3) is 3.30. The second-order valence-electron chi connectivity index (χ2n) is 4.08. The molecule has 1 unspecified atom stereocenters. The van der Waals surface area contributed by atoms with Crippen molar-refractivity contribution in [2.24, 2.45) is 5.73 Å². The van der Waals surface area contributed by atoms with E-state index < -0.39 is 17.7 Å². The van der Waals surface area contributed by atoms with Crippen LogP contribution in [0.25, 0.3) is 0 Å². The summed E-state index contributed by atoms with van der Waals surface area (Å²) in [7, 11) is 0. The van der Waals surface area contributed by atoms with Crippen LogP contribution in [0, 0.1) is 11.6 Å². The van der Waals surface area contributed by atoms with Crippen LogP contribution in [0.1, 0.15) is 11.6 Å². The van der Waals surface area contributed by atoms with Gasteiger partial charge < -0.3 is 11.1 Å². The van der Waals surface area contributed by atoms with Crippen LogP contribution >= 0.6 is 15.9 Å². The molecule has 2 aromatic carbocycles. The maximum absolute atomic E-state index is 13.7. The number of hydrogen-bond donors (Lipinski definition) is 2. The van der Waals surface area contributed by atoms with Crippen LogP contribution in [0.5, 0.6) is 0 Å². The van der Waals surface area contributed by atoms with Crippen molar-refractivity contribution in [1.29, 1.82) is 0 Å². The summed E-state index contributed by atoms with van der Waals surface area (Å²) >= 11 is 3.39. The summed E-state index contributed by atoms with van der Waals surface area (Å²) in [5, 5.41) is 3.10. The molecule has 19 heavy (non-hydrogen) atoms. The molecular weight excluding hydrogens is 314 g/mol. The van der Waals surface area contributed by atoms with E-state index in [0.29, 0.717) is 0 Å². The Morgan fingerprint density at radius 3 is 2.58 bits per heavy atom. The van der Waals surface area contributed by atoms with Gasteiger partial charge in [0.05, 0.1) is 6.04 Å². The van der Waals surface area contributed by atoms with E-state index in [2.05, 4.69) is 21.2 Å². The Bertz CT molecular complexity index is 575. The van der Waals surface area contributed by atoms with Gasteiger partial charge in [-0.05, 0) is 46.3 Å². The molecule has 0 spiro atoms. The number of nitrogens with two attached hydrogens (primary N) is 1. The van der Waals surface area contributed by atoms with Gasteiger partial charge in [-0.3, -0.25) is 0 Å². The van der Waals surface area contributed by atoms with Gasteiger partial charge in [-0.1, -0.05) is 12.1 Å². The number of hydrogen-bond acceptors (Lipinski definition) is 2. The van der Waals surface area contributed by atoms with E-state index in [-0.39, 0.29) is 12.1 Å². The number of anilines is 1. The zero-order chi connectivity index (χ0) is 13.8. The van der Waals surface area contributed by atoms with E-state index in [1.807, 2.05) is 24.3 Å². The number of para-hydroxylation sites is 1. The lowest BCUT2D eigenvalue weighted by atomic mass is 10.1. The Morgan fingerprint density at radius 1 is 1.16 bits per heavy atom. The van der Waals surface area contributed by atoms with Crippen LogP contribution in [-0.4, -0.2) is 6.54 Å². The summed E-state index contributed by atoms with van der Waals surface area (Å²) in [4.78, 5) is 0. The molecular formula is C14H13BrF2N2. The minimum absolute atomic E-state index is 0.154.